The molecular weight excluding hydrogens is 653 g/mol. The van der Waals surface area contributed by atoms with E-state index < -0.39 is 5.41 Å². The van der Waals surface area contributed by atoms with Crippen LogP contribution in [-0.4, -0.2) is 0 Å². The van der Waals surface area contributed by atoms with Gasteiger partial charge in [-0.3, -0.25) is 0 Å². The van der Waals surface area contributed by atoms with Crippen molar-refractivity contribution in [3.63, 3.8) is 0 Å². The number of nitrogens with zero attached hydrogens (tertiary/aromatic N) is 2. The van der Waals surface area contributed by atoms with Gasteiger partial charge in [-0.05, 0) is 161 Å². The van der Waals surface area contributed by atoms with Crippen molar-refractivity contribution in [2.45, 2.75) is 25.7 Å². The fourth-order valence-corrected chi connectivity index (χ4v) is 9.91. The molecule has 1 fully saturated rings. The molecule has 0 N–H and O–H groups in total. The highest BCUT2D eigenvalue weighted by Crippen LogP contribution is 2.69. The van der Waals surface area contributed by atoms with E-state index in [-0.39, 0.29) is 0 Å². The molecule has 2 atom stereocenters. The zero-order valence-electron chi connectivity index (χ0n) is 30.6. The van der Waals surface area contributed by atoms with Gasteiger partial charge >= 0.3 is 0 Å². The van der Waals surface area contributed by atoms with Crippen molar-refractivity contribution in [2.75, 3.05) is 9.80 Å². The minimum absolute atomic E-state index is 0.406. The minimum Gasteiger partial charge on any atom is -0.310 e. The smallest absolute Gasteiger partial charge is 0.0692 e. The zero-order valence-corrected chi connectivity index (χ0v) is 30.6. The van der Waals surface area contributed by atoms with Gasteiger partial charge < -0.3 is 9.80 Å². The molecule has 2 unspecified atom stereocenters. The molecule has 2 heteroatoms. The first kappa shape index (κ1) is 31.2. The third-order valence-electron chi connectivity index (χ3n) is 12.2. The third-order valence-corrected chi connectivity index (χ3v) is 12.2. The highest BCUT2D eigenvalue weighted by atomic mass is 15.1. The van der Waals surface area contributed by atoms with Crippen molar-refractivity contribution < 1.29 is 0 Å². The van der Waals surface area contributed by atoms with Crippen LogP contribution < -0.4 is 9.80 Å². The molecule has 0 bridgehead atoms. The maximum absolute atomic E-state index is 2.53. The first-order valence-corrected chi connectivity index (χ1v) is 19.3. The summed E-state index contributed by atoms with van der Waals surface area (Å²) in [6.45, 7) is 4.36. The topological polar surface area (TPSA) is 6.48 Å². The molecule has 1 spiro atoms. The Kier molecular flexibility index (Phi) is 6.82. The highest BCUT2D eigenvalue weighted by molar-refractivity contribution is 5.99. The van der Waals surface area contributed by atoms with Crippen LogP contribution in [0, 0.1) is 25.7 Å². The van der Waals surface area contributed by atoms with E-state index in [4.69, 9.17) is 0 Å². The molecule has 11 rings (SSSR count). The van der Waals surface area contributed by atoms with Crippen LogP contribution in [0.4, 0.5) is 34.1 Å². The quantitative estimate of drug-likeness (QED) is 0.171. The van der Waals surface area contributed by atoms with Crippen LogP contribution in [0.5, 0.6) is 0 Å². The Morgan fingerprint density at radius 3 is 1.50 bits per heavy atom. The maximum atomic E-state index is 2.53. The van der Waals surface area contributed by atoms with Crippen molar-refractivity contribution in [1.82, 2.24) is 0 Å². The highest BCUT2D eigenvalue weighted by Gasteiger charge is 2.59. The van der Waals surface area contributed by atoms with E-state index in [0.29, 0.717) is 11.8 Å². The first-order valence-electron chi connectivity index (χ1n) is 19.3. The van der Waals surface area contributed by atoms with Crippen LogP contribution in [0.2, 0.25) is 0 Å². The molecule has 2 nitrogen and oxygen atoms in total. The Labute approximate surface area is 318 Å². The average molecular weight is 693 g/mol. The summed E-state index contributed by atoms with van der Waals surface area (Å²) in [6, 6.07) is 63.3. The summed E-state index contributed by atoms with van der Waals surface area (Å²) < 4.78 is 0. The van der Waals surface area contributed by atoms with Crippen molar-refractivity contribution in [3.8, 4) is 11.1 Å². The van der Waals surface area contributed by atoms with E-state index in [0.717, 1.165) is 11.4 Å². The lowest BCUT2D eigenvalue weighted by molar-refractivity contribution is 0.691. The molecule has 4 aliphatic carbocycles. The van der Waals surface area contributed by atoms with Crippen LogP contribution in [0.1, 0.15) is 39.8 Å². The number of rotatable bonds is 6. The zero-order chi connectivity index (χ0) is 36.0. The molecular formula is C52H40N2. The second-order valence-electron chi connectivity index (χ2n) is 15.5. The van der Waals surface area contributed by atoms with Crippen LogP contribution in [0.25, 0.3) is 16.7 Å². The SMILES string of the molecule is Cc1cccc(N(c2ccccc2)c2ccc3c(c2)C2(C4=C(C=CC5CC45)c4ccccc42)c2cc(N(c4ccccc4)c4cccc(C)c4)ccc2-3)c1. The summed E-state index contributed by atoms with van der Waals surface area (Å²) in [7, 11) is 0. The van der Waals surface area contributed by atoms with Gasteiger partial charge in [0.15, 0.2) is 0 Å². The van der Waals surface area contributed by atoms with E-state index in [1.165, 1.54) is 79.3 Å². The standard InChI is InChI=1S/C52H40N2/c1-34-13-11-19-39(29-34)53(37-15-5-3-6-16-37)41-24-27-44-45-28-25-42(54(38-17-7-4-8-18-38)40-20-12-14-35(2)30-40)33-50(45)52(49(44)32-41)48-22-10-9-21-43(48)46-26-23-36-31-47(36)51(46)52/h3-30,32-33,36,47H,31H2,1-2H3. The summed E-state index contributed by atoms with van der Waals surface area (Å²) in [6.07, 6.45) is 6.15. The van der Waals surface area contributed by atoms with Gasteiger partial charge in [0.25, 0.3) is 0 Å². The molecule has 0 heterocycles. The van der Waals surface area contributed by atoms with Gasteiger partial charge in [0.05, 0.1) is 5.41 Å². The third kappa shape index (κ3) is 4.53. The number of hydrogen-bond donors (Lipinski definition) is 0. The fourth-order valence-electron chi connectivity index (χ4n) is 9.91. The molecule has 0 amide bonds. The number of benzene rings is 7. The van der Waals surface area contributed by atoms with Crippen LogP contribution in [0.15, 0.2) is 188 Å². The maximum Gasteiger partial charge on any atom is 0.0692 e. The molecule has 7 aromatic rings. The van der Waals surface area contributed by atoms with Gasteiger partial charge in [0.1, 0.15) is 0 Å². The lowest BCUT2D eigenvalue weighted by Crippen LogP contribution is -2.29. The predicted molar refractivity (Wildman–Crippen MR) is 225 cm³/mol. The van der Waals surface area contributed by atoms with Gasteiger partial charge in [-0.1, -0.05) is 109 Å². The monoisotopic (exact) mass is 692 g/mol. The molecule has 0 aromatic heterocycles. The van der Waals surface area contributed by atoms with Crippen molar-refractivity contribution in [2.24, 2.45) is 11.8 Å². The van der Waals surface area contributed by atoms with E-state index in [1.807, 2.05) is 0 Å². The fraction of sp³-hybridized carbons (Fsp3) is 0.115. The summed E-state index contributed by atoms with van der Waals surface area (Å²) >= 11 is 0. The number of allylic oxidation sites excluding steroid dienone is 4. The normalized spacial score (nSPS) is 17.7. The summed E-state index contributed by atoms with van der Waals surface area (Å²) in [5, 5.41) is 0. The molecule has 4 aliphatic rings. The van der Waals surface area contributed by atoms with Gasteiger partial charge in [-0.25, -0.2) is 0 Å². The molecule has 54 heavy (non-hydrogen) atoms. The number of hydrogen-bond acceptors (Lipinski definition) is 2. The predicted octanol–water partition coefficient (Wildman–Crippen LogP) is 13.5. The van der Waals surface area contributed by atoms with Gasteiger partial charge in [-0.2, -0.15) is 0 Å². The van der Waals surface area contributed by atoms with E-state index in [1.54, 1.807) is 5.57 Å². The second-order valence-corrected chi connectivity index (χ2v) is 15.5. The molecule has 0 saturated heterocycles. The molecule has 0 radical (unpaired) electrons. The lowest BCUT2D eigenvalue weighted by atomic mass is 9.67. The number of anilines is 6. The van der Waals surface area contributed by atoms with Crippen LogP contribution in [-0.2, 0) is 5.41 Å². The van der Waals surface area contributed by atoms with Gasteiger partial charge in [-0.15, -0.1) is 0 Å². The van der Waals surface area contributed by atoms with Gasteiger partial charge in [0.2, 0.25) is 0 Å². The Morgan fingerprint density at radius 2 is 0.944 bits per heavy atom. The first-order chi connectivity index (χ1) is 26.6. The van der Waals surface area contributed by atoms with Crippen LogP contribution in [0.3, 0.4) is 0 Å². The largest absolute Gasteiger partial charge is 0.310 e. The number of fused-ring (bicyclic) bond motifs is 11. The van der Waals surface area contributed by atoms with E-state index >= 15 is 0 Å². The second kappa shape index (κ2) is 11.8. The Morgan fingerprint density at radius 1 is 0.444 bits per heavy atom. The van der Waals surface area contributed by atoms with Crippen LogP contribution >= 0.6 is 0 Å². The van der Waals surface area contributed by atoms with Crippen molar-refractivity contribution >= 4 is 39.7 Å². The average Bonchev–Trinajstić information content (AvgIpc) is 3.87. The summed E-state index contributed by atoms with van der Waals surface area (Å²) in [5.74, 6) is 1.14. The van der Waals surface area contributed by atoms with Gasteiger partial charge in [0, 0.05) is 34.1 Å². The number of aryl methyl sites for hydroxylation is 2. The van der Waals surface area contributed by atoms with Crippen molar-refractivity contribution in [3.05, 3.63) is 221 Å². The van der Waals surface area contributed by atoms with Crippen molar-refractivity contribution in [1.29, 1.82) is 0 Å². The minimum atomic E-state index is -0.406. The molecule has 0 aliphatic heterocycles. The Balaban J connectivity index is 1.20. The van der Waals surface area contributed by atoms with E-state index in [2.05, 4.69) is 206 Å². The lowest BCUT2D eigenvalue weighted by Gasteiger charge is -2.35. The number of para-hydroxylation sites is 2. The van der Waals surface area contributed by atoms with E-state index in [9.17, 15) is 0 Å². The Bertz CT molecular complexity index is 2550. The summed E-state index contributed by atoms with van der Waals surface area (Å²) in [4.78, 5) is 4.86. The molecule has 258 valence electrons. The summed E-state index contributed by atoms with van der Waals surface area (Å²) in [5.41, 5.74) is 20.3. The molecule has 1 saturated carbocycles. The Hall–Kier alpha value is -6.38. The molecule has 7 aromatic carbocycles.